The molecule has 0 aliphatic carbocycles. The van der Waals surface area contributed by atoms with Crippen molar-refractivity contribution in [2.75, 3.05) is 13.2 Å². The largest absolute Gasteiger partial charge is 0.491 e. The monoisotopic (exact) mass is 349 g/mol. The average Bonchev–Trinajstić information content (AvgIpc) is 2.52. The van der Waals surface area contributed by atoms with Gasteiger partial charge in [-0.1, -0.05) is 46.3 Å². The molecular weight excluding hydrogens is 330 g/mol. The van der Waals surface area contributed by atoms with Crippen molar-refractivity contribution in [3.63, 3.8) is 0 Å². The van der Waals surface area contributed by atoms with Gasteiger partial charge in [0.25, 0.3) is 0 Å². The molecule has 112 valence electrons. The Morgan fingerprint density at radius 1 is 1.10 bits per heavy atom. The van der Waals surface area contributed by atoms with Gasteiger partial charge >= 0.3 is 0 Å². The maximum atomic E-state index is 9.96. The molecule has 0 saturated heterocycles. The molecule has 2 aromatic carbocycles. The van der Waals surface area contributed by atoms with Crippen LogP contribution in [0.1, 0.15) is 18.5 Å². The van der Waals surface area contributed by atoms with Gasteiger partial charge in [0, 0.05) is 17.1 Å². The summed E-state index contributed by atoms with van der Waals surface area (Å²) in [4.78, 5) is 0. The molecule has 0 aromatic heterocycles. The highest BCUT2D eigenvalue weighted by Gasteiger charge is 2.09. The minimum atomic E-state index is -0.539. The first-order valence-electron chi connectivity index (χ1n) is 7.00. The summed E-state index contributed by atoms with van der Waals surface area (Å²) in [6.07, 6.45) is -0.539. The smallest absolute Gasteiger partial charge is 0.119 e. The zero-order valence-electron chi connectivity index (χ0n) is 12.0. The summed E-state index contributed by atoms with van der Waals surface area (Å²) in [6.45, 7) is 2.85. The predicted molar refractivity (Wildman–Crippen MR) is 88.5 cm³/mol. The minimum Gasteiger partial charge on any atom is -0.491 e. The van der Waals surface area contributed by atoms with Crippen LogP contribution in [0.2, 0.25) is 0 Å². The summed E-state index contributed by atoms with van der Waals surface area (Å²) in [5, 5.41) is 13.3. The highest BCUT2D eigenvalue weighted by Crippen LogP contribution is 2.16. The van der Waals surface area contributed by atoms with E-state index in [2.05, 4.69) is 40.3 Å². The van der Waals surface area contributed by atoms with Gasteiger partial charge in [0.05, 0.1) is 0 Å². The molecule has 2 N–H and O–H groups in total. The van der Waals surface area contributed by atoms with Crippen molar-refractivity contribution in [2.24, 2.45) is 0 Å². The van der Waals surface area contributed by atoms with Crippen LogP contribution in [0.3, 0.4) is 0 Å². The van der Waals surface area contributed by atoms with Gasteiger partial charge in [-0.25, -0.2) is 0 Å². The van der Waals surface area contributed by atoms with Gasteiger partial charge in [0.1, 0.15) is 18.5 Å². The summed E-state index contributed by atoms with van der Waals surface area (Å²) in [7, 11) is 0. The fourth-order valence-corrected chi connectivity index (χ4v) is 2.21. The average molecular weight is 350 g/mol. The topological polar surface area (TPSA) is 41.5 Å². The SMILES string of the molecule is C[C@@H](NCC(O)COc1ccccc1)c1ccc(Br)cc1. The number of rotatable bonds is 7. The molecule has 0 saturated carbocycles. The quantitative estimate of drug-likeness (QED) is 0.803. The normalized spacial score (nSPS) is 13.7. The van der Waals surface area contributed by atoms with Crippen LogP contribution >= 0.6 is 15.9 Å². The molecule has 3 nitrogen and oxygen atoms in total. The van der Waals surface area contributed by atoms with Gasteiger partial charge in [0.2, 0.25) is 0 Å². The van der Waals surface area contributed by atoms with Crippen molar-refractivity contribution in [1.29, 1.82) is 0 Å². The Morgan fingerprint density at radius 3 is 2.43 bits per heavy atom. The van der Waals surface area contributed by atoms with Crippen molar-refractivity contribution in [3.8, 4) is 5.75 Å². The van der Waals surface area contributed by atoms with E-state index in [4.69, 9.17) is 4.74 Å². The molecule has 21 heavy (non-hydrogen) atoms. The third kappa shape index (κ3) is 5.50. The lowest BCUT2D eigenvalue weighted by Crippen LogP contribution is -2.33. The second-order valence-corrected chi connectivity index (χ2v) is 5.88. The number of aliphatic hydroxyl groups is 1. The van der Waals surface area contributed by atoms with E-state index in [0.717, 1.165) is 10.2 Å². The first-order chi connectivity index (χ1) is 10.1. The van der Waals surface area contributed by atoms with Crippen molar-refractivity contribution >= 4 is 15.9 Å². The highest BCUT2D eigenvalue weighted by atomic mass is 79.9. The Morgan fingerprint density at radius 2 is 1.76 bits per heavy atom. The van der Waals surface area contributed by atoms with E-state index in [-0.39, 0.29) is 12.6 Å². The number of hydrogen-bond donors (Lipinski definition) is 2. The zero-order chi connectivity index (χ0) is 15.1. The van der Waals surface area contributed by atoms with E-state index >= 15 is 0 Å². The second kappa shape index (κ2) is 8.17. The molecule has 1 unspecified atom stereocenters. The van der Waals surface area contributed by atoms with E-state index in [1.807, 2.05) is 42.5 Å². The van der Waals surface area contributed by atoms with E-state index in [1.54, 1.807) is 0 Å². The van der Waals surface area contributed by atoms with Crippen molar-refractivity contribution in [2.45, 2.75) is 19.1 Å². The van der Waals surface area contributed by atoms with Crippen LogP contribution in [0.25, 0.3) is 0 Å². The van der Waals surface area contributed by atoms with Gasteiger partial charge < -0.3 is 15.2 Å². The van der Waals surface area contributed by atoms with Gasteiger partial charge in [-0.15, -0.1) is 0 Å². The molecule has 0 amide bonds. The molecule has 0 bridgehead atoms. The molecule has 0 aliphatic heterocycles. The van der Waals surface area contributed by atoms with Crippen LogP contribution in [0.15, 0.2) is 59.1 Å². The second-order valence-electron chi connectivity index (χ2n) is 4.96. The standard InChI is InChI=1S/C17H20BrNO2/c1-13(14-7-9-15(18)10-8-14)19-11-16(20)12-21-17-5-3-2-4-6-17/h2-10,13,16,19-20H,11-12H2,1H3/t13-,16?/m1/s1. The van der Waals surface area contributed by atoms with E-state index in [9.17, 15) is 5.11 Å². The van der Waals surface area contributed by atoms with Crippen molar-refractivity contribution < 1.29 is 9.84 Å². The summed E-state index contributed by atoms with van der Waals surface area (Å²) in [6, 6.07) is 17.9. The molecule has 0 radical (unpaired) electrons. The van der Waals surface area contributed by atoms with Crippen LogP contribution in [0.4, 0.5) is 0 Å². The minimum absolute atomic E-state index is 0.185. The maximum absolute atomic E-state index is 9.96. The molecular formula is C17H20BrNO2. The number of aliphatic hydroxyl groups excluding tert-OH is 1. The fourth-order valence-electron chi connectivity index (χ4n) is 1.95. The fraction of sp³-hybridized carbons (Fsp3) is 0.294. The number of nitrogens with one attached hydrogen (secondary N) is 1. The highest BCUT2D eigenvalue weighted by molar-refractivity contribution is 9.10. The lowest BCUT2D eigenvalue weighted by molar-refractivity contribution is 0.104. The van der Waals surface area contributed by atoms with Crippen molar-refractivity contribution in [1.82, 2.24) is 5.32 Å². The Hall–Kier alpha value is -1.36. The molecule has 0 aliphatic rings. The number of halogens is 1. The zero-order valence-corrected chi connectivity index (χ0v) is 13.6. The van der Waals surface area contributed by atoms with Crippen LogP contribution in [0.5, 0.6) is 5.75 Å². The van der Waals surface area contributed by atoms with Gasteiger partial charge in [-0.2, -0.15) is 0 Å². The van der Waals surface area contributed by atoms with Crippen molar-refractivity contribution in [3.05, 3.63) is 64.6 Å². The van der Waals surface area contributed by atoms with E-state index < -0.39 is 6.10 Å². The Bertz CT molecular complexity index is 530. The molecule has 2 aromatic rings. The first-order valence-corrected chi connectivity index (χ1v) is 7.79. The predicted octanol–water partition coefficient (Wildman–Crippen LogP) is 3.54. The van der Waals surface area contributed by atoms with Gasteiger partial charge in [-0.3, -0.25) is 0 Å². The summed E-state index contributed by atoms with van der Waals surface area (Å²) in [5.41, 5.74) is 1.19. The lowest BCUT2D eigenvalue weighted by Gasteiger charge is -2.18. The number of ether oxygens (including phenoxy) is 1. The molecule has 0 spiro atoms. The Labute approximate surface area is 134 Å². The molecule has 4 heteroatoms. The van der Waals surface area contributed by atoms with Crippen LogP contribution in [-0.2, 0) is 0 Å². The van der Waals surface area contributed by atoms with Gasteiger partial charge in [0.15, 0.2) is 0 Å². The molecule has 0 fully saturated rings. The summed E-state index contributed by atoms with van der Waals surface area (Å²) in [5.74, 6) is 0.775. The Kier molecular flexibility index (Phi) is 6.23. The third-order valence-corrected chi connectivity index (χ3v) is 3.74. The van der Waals surface area contributed by atoms with E-state index in [1.165, 1.54) is 5.56 Å². The first kappa shape index (κ1) is 16.0. The lowest BCUT2D eigenvalue weighted by atomic mass is 10.1. The summed E-state index contributed by atoms with van der Waals surface area (Å²) < 4.78 is 6.59. The number of benzene rings is 2. The third-order valence-electron chi connectivity index (χ3n) is 3.22. The number of para-hydroxylation sites is 1. The molecule has 2 atom stereocenters. The van der Waals surface area contributed by atoms with Crippen LogP contribution < -0.4 is 10.1 Å². The van der Waals surface area contributed by atoms with Crippen LogP contribution in [0, 0.1) is 0 Å². The summed E-state index contributed by atoms with van der Waals surface area (Å²) >= 11 is 3.42. The number of hydrogen-bond acceptors (Lipinski definition) is 3. The van der Waals surface area contributed by atoms with E-state index in [0.29, 0.717) is 6.54 Å². The molecule has 0 heterocycles. The Balaban J connectivity index is 1.73. The van der Waals surface area contributed by atoms with Gasteiger partial charge in [-0.05, 0) is 36.8 Å². The molecule has 2 rings (SSSR count). The van der Waals surface area contributed by atoms with Crippen LogP contribution in [-0.4, -0.2) is 24.4 Å². The maximum Gasteiger partial charge on any atom is 0.119 e.